The molecule has 1 aromatic rings. The summed E-state index contributed by atoms with van der Waals surface area (Å²) < 4.78 is -3.47. The molecular weight excluding hydrogens is 455 g/mol. The summed E-state index contributed by atoms with van der Waals surface area (Å²) in [5.41, 5.74) is 4.13. The predicted molar refractivity (Wildman–Crippen MR) is 108 cm³/mol. The minimum absolute atomic E-state index is 0.120. The molecule has 1 aliphatic rings. The van der Waals surface area contributed by atoms with Gasteiger partial charge in [0.15, 0.2) is 0 Å². The molecule has 3 nitrogen and oxygen atoms in total. The Labute approximate surface area is 174 Å². The van der Waals surface area contributed by atoms with Gasteiger partial charge in [-0.1, -0.05) is 81.7 Å². The average molecular weight is 466 g/mol. The Morgan fingerprint density at radius 3 is 2.17 bits per heavy atom. The van der Waals surface area contributed by atoms with E-state index in [1.165, 1.54) is 16.1 Å². The third-order valence-corrected chi connectivity index (χ3v) is 4.79. The molecule has 0 radical (unpaired) electrons. The van der Waals surface area contributed by atoms with Crippen molar-refractivity contribution in [1.82, 2.24) is 10.5 Å². The summed E-state index contributed by atoms with van der Waals surface area (Å²) in [5.74, 6) is 0. The Morgan fingerprint density at radius 2 is 1.67 bits per heavy atom. The zero-order chi connectivity index (χ0) is 18.0. The number of halogens is 6. The maximum Gasteiger partial charge on any atom is 0.234 e. The van der Waals surface area contributed by atoms with Gasteiger partial charge in [-0.25, -0.2) is 0 Å². The van der Waals surface area contributed by atoms with Crippen LogP contribution in [0, 0.1) is 0 Å². The number of thioether (sulfide) groups is 1. The van der Waals surface area contributed by atoms with Gasteiger partial charge in [-0.15, -0.1) is 11.8 Å². The number of hydrogen-bond acceptors (Lipinski definition) is 4. The number of rotatable bonds is 3. The van der Waals surface area contributed by atoms with Crippen LogP contribution in [-0.4, -0.2) is 24.7 Å². The molecule has 0 aliphatic carbocycles. The molecule has 0 fully saturated rings. The molecule has 0 amide bonds. The minimum atomic E-state index is -1.75. The molecule has 130 valence electrons. The minimum Gasteiger partial charge on any atom is -0.278 e. The lowest BCUT2D eigenvalue weighted by Gasteiger charge is -2.29. The molecule has 1 heterocycles. The SMILES string of the molecule is CSc1ccc(C=CN2N=C(C(Cl)(Cl)Cl)C=C(C(Cl)(Cl)Cl)N2)cc1. The highest BCUT2D eigenvalue weighted by molar-refractivity contribution is 7.98. The maximum atomic E-state index is 5.91. The molecule has 0 saturated heterocycles. The first-order valence-corrected chi connectivity index (χ1v) is 9.91. The number of hydrogen-bond donors (Lipinski definition) is 1. The smallest absolute Gasteiger partial charge is 0.234 e. The fourth-order valence-electron chi connectivity index (χ4n) is 1.69. The molecule has 10 heteroatoms. The highest BCUT2D eigenvalue weighted by atomic mass is 35.6. The molecule has 2 rings (SSSR count). The Kier molecular flexibility index (Phi) is 6.94. The monoisotopic (exact) mass is 463 g/mol. The van der Waals surface area contributed by atoms with Crippen LogP contribution in [0.1, 0.15) is 5.56 Å². The highest BCUT2D eigenvalue weighted by Gasteiger charge is 2.35. The summed E-state index contributed by atoms with van der Waals surface area (Å²) in [6.07, 6.45) is 6.85. The molecule has 1 aliphatic heterocycles. The van der Waals surface area contributed by atoms with E-state index in [9.17, 15) is 0 Å². The first-order chi connectivity index (χ1) is 11.1. The van der Waals surface area contributed by atoms with Crippen molar-refractivity contribution in [1.29, 1.82) is 0 Å². The van der Waals surface area contributed by atoms with E-state index in [1.54, 1.807) is 18.0 Å². The van der Waals surface area contributed by atoms with Crippen molar-refractivity contribution in [2.45, 2.75) is 12.5 Å². The Morgan fingerprint density at radius 1 is 1.04 bits per heavy atom. The van der Waals surface area contributed by atoms with Crippen molar-refractivity contribution in [2.75, 3.05) is 6.26 Å². The van der Waals surface area contributed by atoms with Gasteiger partial charge in [0.25, 0.3) is 0 Å². The van der Waals surface area contributed by atoms with Crippen LogP contribution in [0.15, 0.2) is 52.2 Å². The molecular formula is C14H11Cl6N3S. The third-order valence-electron chi connectivity index (χ3n) is 2.85. The third kappa shape index (κ3) is 5.80. The van der Waals surface area contributed by atoms with Gasteiger partial charge < -0.3 is 0 Å². The summed E-state index contributed by atoms with van der Waals surface area (Å²) in [4.78, 5) is 1.17. The summed E-state index contributed by atoms with van der Waals surface area (Å²) in [5, 5.41) is 5.48. The maximum absolute atomic E-state index is 5.91. The van der Waals surface area contributed by atoms with Gasteiger partial charge >= 0.3 is 0 Å². The van der Waals surface area contributed by atoms with Crippen molar-refractivity contribution in [2.24, 2.45) is 5.10 Å². The second kappa shape index (κ2) is 8.17. The lowest BCUT2D eigenvalue weighted by atomic mass is 10.2. The van der Waals surface area contributed by atoms with E-state index in [-0.39, 0.29) is 11.4 Å². The summed E-state index contributed by atoms with van der Waals surface area (Å²) >= 11 is 37.0. The molecule has 0 atom stereocenters. The van der Waals surface area contributed by atoms with Gasteiger partial charge in [0, 0.05) is 11.1 Å². The fraction of sp³-hybridized carbons (Fsp3) is 0.214. The van der Waals surface area contributed by atoms with Crippen molar-refractivity contribution < 1.29 is 0 Å². The number of hydrazine groups is 1. The molecule has 0 saturated carbocycles. The van der Waals surface area contributed by atoms with Crippen LogP contribution in [0.25, 0.3) is 6.08 Å². The predicted octanol–water partition coefficient (Wildman–Crippen LogP) is 6.18. The van der Waals surface area contributed by atoms with Gasteiger partial charge in [0.1, 0.15) is 5.71 Å². The van der Waals surface area contributed by atoms with Crippen molar-refractivity contribution >= 4 is 93.2 Å². The van der Waals surface area contributed by atoms with E-state index in [4.69, 9.17) is 69.6 Å². The van der Waals surface area contributed by atoms with Crippen molar-refractivity contribution in [3.63, 3.8) is 0 Å². The number of alkyl halides is 6. The Balaban J connectivity index is 2.24. The summed E-state index contributed by atoms with van der Waals surface area (Å²) in [6, 6.07) is 7.96. The zero-order valence-electron chi connectivity index (χ0n) is 12.1. The van der Waals surface area contributed by atoms with E-state index in [0.717, 1.165) is 5.56 Å². The average Bonchev–Trinajstić information content (AvgIpc) is 2.51. The summed E-state index contributed by atoms with van der Waals surface area (Å²) in [6.45, 7) is 0. The van der Waals surface area contributed by atoms with Crippen LogP contribution in [0.5, 0.6) is 0 Å². The summed E-state index contributed by atoms with van der Waals surface area (Å²) in [7, 11) is 0. The number of nitrogens with zero attached hydrogens (tertiary/aromatic N) is 2. The molecule has 0 unspecified atom stereocenters. The van der Waals surface area contributed by atoms with Gasteiger partial charge in [0.05, 0.1) is 5.70 Å². The van der Waals surface area contributed by atoms with E-state index < -0.39 is 7.59 Å². The molecule has 24 heavy (non-hydrogen) atoms. The van der Waals surface area contributed by atoms with Crippen LogP contribution in [0.2, 0.25) is 0 Å². The van der Waals surface area contributed by atoms with Crippen LogP contribution in [0.3, 0.4) is 0 Å². The highest BCUT2D eigenvalue weighted by Crippen LogP contribution is 2.37. The fourth-order valence-corrected chi connectivity index (χ4v) is 2.66. The second-order valence-corrected chi connectivity index (χ2v) is 10.0. The van der Waals surface area contributed by atoms with Gasteiger partial charge in [-0.2, -0.15) is 10.2 Å². The first-order valence-electron chi connectivity index (χ1n) is 6.42. The molecule has 1 N–H and O–H groups in total. The number of nitrogens with one attached hydrogen (secondary N) is 1. The Bertz CT molecular complexity index is 673. The van der Waals surface area contributed by atoms with Crippen LogP contribution in [0.4, 0.5) is 0 Å². The topological polar surface area (TPSA) is 27.6 Å². The van der Waals surface area contributed by atoms with Crippen molar-refractivity contribution in [3.05, 3.63) is 47.8 Å². The van der Waals surface area contributed by atoms with E-state index in [2.05, 4.69) is 10.5 Å². The number of allylic oxidation sites excluding steroid dienone is 2. The molecule has 0 aromatic heterocycles. The van der Waals surface area contributed by atoms with E-state index in [0.29, 0.717) is 0 Å². The van der Waals surface area contributed by atoms with E-state index in [1.807, 2.05) is 36.6 Å². The molecule has 1 aromatic carbocycles. The largest absolute Gasteiger partial charge is 0.278 e. The molecule has 0 bridgehead atoms. The first kappa shape index (κ1) is 20.4. The molecule has 0 spiro atoms. The van der Waals surface area contributed by atoms with Gasteiger partial charge in [0.2, 0.25) is 7.59 Å². The normalized spacial score (nSPS) is 16.0. The number of hydrazone groups is 1. The van der Waals surface area contributed by atoms with E-state index >= 15 is 0 Å². The van der Waals surface area contributed by atoms with Crippen molar-refractivity contribution in [3.8, 4) is 0 Å². The van der Waals surface area contributed by atoms with Gasteiger partial charge in [-0.3, -0.25) is 5.43 Å². The van der Waals surface area contributed by atoms with Crippen LogP contribution >= 0.6 is 81.4 Å². The lowest BCUT2D eigenvalue weighted by Crippen LogP contribution is -2.40. The van der Waals surface area contributed by atoms with Gasteiger partial charge in [-0.05, 0) is 36.1 Å². The second-order valence-electron chi connectivity index (χ2n) is 4.58. The quantitative estimate of drug-likeness (QED) is 0.426. The Hall–Kier alpha value is 0.0600. The lowest BCUT2D eigenvalue weighted by molar-refractivity contribution is 0.314. The number of benzene rings is 1. The zero-order valence-corrected chi connectivity index (χ0v) is 17.5. The van der Waals surface area contributed by atoms with Crippen LogP contribution < -0.4 is 5.43 Å². The van der Waals surface area contributed by atoms with Crippen LogP contribution in [-0.2, 0) is 0 Å². The standard InChI is InChI=1S/C14H11Cl6N3S/c1-24-10-4-2-9(3-5-10)6-7-23-21-11(13(15,16)17)8-12(22-23)14(18,19)20/h2-8,21H,1H3.